The highest BCUT2D eigenvalue weighted by atomic mass is 16.3. The average molecular weight is 269 g/mol. The smallest absolute Gasteiger partial charge is 0.143 e. The van der Waals surface area contributed by atoms with Gasteiger partial charge in [0.05, 0.1) is 18.1 Å². The Labute approximate surface area is 117 Å². The van der Waals surface area contributed by atoms with Gasteiger partial charge in [0.2, 0.25) is 0 Å². The standard InChI is InChI=1S/C15H15N3O2/c1-3-13(12-5-7-17-9-15(12)20)18-10(2)11-4-6-16-8-14(11)19/h3-9,19-20H,1-2H3/b13-3-,18-10?. The van der Waals surface area contributed by atoms with Crippen molar-refractivity contribution < 1.29 is 10.2 Å². The van der Waals surface area contributed by atoms with Crippen molar-refractivity contribution in [1.29, 1.82) is 0 Å². The largest absolute Gasteiger partial charge is 0.506 e. The van der Waals surface area contributed by atoms with Gasteiger partial charge in [0.15, 0.2) is 0 Å². The molecule has 0 aliphatic carbocycles. The van der Waals surface area contributed by atoms with Gasteiger partial charge in [0.25, 0.3) is 0 Å². The van der Waals surface area contributed by atoms with Crippen molar-refractivity contribution in [3.05, 3.63) is 54.1 Å². The number of hydrogen-bond acceptors (Lipinski definition) is 5. The molecule has 102 valence electrons. The van der Waals surface area contributed by atoms with E-state index in [2.05, 4.69) is 15.0 Å². The zero-order chi connectivity index (χ0) is 14.5. The molecule has 2 N–H and O–H groups in total. The Morgan fingerprint density at radius 3 is 2.10 bits per heavy atom. The van der Waals surface area contributed by atoms with E-state index >= 15 is 0 Å². The SMILES string of the molecule is C/C=C(\N=C(C)c1ccncc1O)c1ccncc1O. The summed E-state index contributed by atoms with van der Waals surface area (Å²) in [5, 5.41) is 19.6. The van der Waals surface area contributed by atoms with Crippen molar-refractivity contribution >= 4 is 11.4 Å². The monoisotopic (exact) mass is 269 g/mol. The van der Waals surface area contributed by atoms with Crippen LogP contribution < -0.4 is 0 Å². The average Bonchev–Trinajstić information content (AvgIpc) is 2.46. The molecule has 0 unspecified atom stereocenters. The molecule has 0 fully saturated rings. The van der Waals surface area contributed by atoms with Gasteiger partial charge in [-0.3, -0.25) is 15.0 Å². The van der Waals surface area contributed by atoms with E-state index in [-0.39, 0.29) is 11.5 Å². The number of pyridine rings is 2. The Morgan fingerprint density at radius 2 is 1.60 bits per heavy atom. The van der Waals surface area contributed by atoms with Gasteiger partial charge in [-0.2, -0.15) is 0 Å². The van der Waals surface area contributed by atoms with Gasteiger partial charge in [-0.15, -0.1) is 0 Å². The van der Waals surface area contributed by atoms with Crippen LogP contribution >= 0.6 is 0 Å². The maximum atomic E-state index is 9.82. The highest BCUT2D eigenvalue weighted by molar-refractivity contribution is 6.03. The van der Waals surface area contributed by atoms with E-state index in [1.165, 1.54) is 12.4 Å². The van der Waals surface area contributed by atoms with E-state index < -0.39 is 0 Å². The van der Waals surface area contributed by atoms with Crippen molar-refractivity contribution in [3.8, 4) is 11.5 Å². The Kier molecular flexibility index (Phi) is 4.10. The molecule has 0 saturated carbocycles. The summed E-state index contributed by atoms with van der Waals surface area (Å²) in [6.45, 7) is 3.62. The normalized spacial score (nSPS) is 12.5. The molecule has 2 aromatic rings. The molecular formula is C15H15N3O2. The van der Waals surface area contributed by atoms with Crippen LogP contribution in [0.5, 0.6) is 11.5 Å². The lowest BCUT2D eigenvalue weighted by Crippen LogP contribution is -1.97. The van der Waals surface area contributed by atoms with Crippen LogP contribution in [0.1, 0.15) is 25.0 Å². The van der Waals surface area contributed by atoms with E-state index in [0.29, 0.717) is 22.5 Å². The molecule has 0 aromatic carbocycles. The minimum atomic E-state index is 0.0658. The fraction of sp³-hybridized carbons (Fsp3) is 0.133. The molecular weight excluding hydrogens is 254 g/mol. The summed E-state index contributed by atoms with van der Waals surface area (Å²) in [7, 11) is 0. The number of aliphatic imine (C=N–C) groups is 1. The van der Waals surface area contributed by atoms with E-state index in [1.807, 2.05) is 6.92 Å². The maximum absolute atomic E-state index is 9.82. The van der Waals surface area contributed by atoms with Gasteiger partial charge < -0.3 is 10.2 Å². The van der Waals surface area contributed by atoms with Gasteiger partial charge in [-0.05, 0) is 26.0 Å². The number of nitrogens with zero attached hydrogens (tertiary/aromatic N) is 3. The van der Waals surface area contributed by atoms with E-state index in [0.717, 1.165) is 0 Å². The van der Waals surface area contributed by atoms with Crippen LogP contribution in [-0.2, 0) is 0 Å². The van der Waals surface area contributed by atoms with E-state index in [4.69, 9.17) is 0 Å². The second-order valence-electron chi connectivity index (χ2n) is 4.16. The third-order valence-corrected chi connectivity index (χ3v) is 2.83. The first-order valence-corrected chi connectivity index (χ1v) is 6.11. The lowest BCUT2D eigenvalue weighted by molar-refractivity contribution is 0.471. The third kappa shape index (κ3) is 2.83. The third-order valence-electron chi connectivity index (χ3n) is 2.83. The Balaban J connectivity index is 2.43. The number of aromatic hydroxyl groups is 2. The summed E-state index contributed by atoms with van der Waals surface area (Å²) in [6, 6.07) is 3.38. The predicted molar refractivity (Wildman–Crippen MR) is 77.7 cm³/mol. The molecule has 0 amide bonds. The molecule has 2 heterocycles. The number of hydrogen-bond donors (Lipinski definition) is 2. The highest BCUT2D eigenvalue weighted by Gasteiger charge is 2.08. The second kappa shape index (κ2) is 5.97. The minimum absolute atomic E-state index is 0.0658. The molecule has 5 heteroatoms. The van der Waals surface area contributed by atoms with Gasteiger partial charge in [-0.25, -0.2) is 0 Å². The summed E-state index contributed by atoms with van der Waals surface area (Å²) < 4.78 is 0. The van der Waals surface area contributed by atoms with Gasteiger partial charge in [0.1, 0.15) is 11.5 Å². The number of allylic oxidation sites excluding steroid dienone is 1. The molecule has 5 nitrogen and oxygen atoms in total. The fourth-order valence-corrected chi connectivity index (χ4v) is 1.82. The fourth-order valence-electron chi connectivity index (χ4n) is 1.82. The summed E-state index contributed by atoms with van der Waals surface area (Å²) in [4.78, 5) is 12.1. The van der Waals surface area contributed by atoms with Crippen molar-refractivity contribution in [1.82, 2.24) is 9.97 Å². The minimum Gasteiger partial charge on any atom is -0.506 e. The number of rotatable bonds is 3. The molecule has 0 atom stereocenters. The van der Waals surface area contributed by atoms with Crippen LogP contribution in [0, 0.1) is 0 Å². The summed E-state index contributed by atoms with van der Waals surface area (Å²) in [5.74, 6) is 0.138. The highest BCUT2D eigenvalue weighted by Crippen LogP contribution is 2.26. The van der Waals surface area contributed by atoms with Crippen LogP contribution in [-0.4, -0.2) is 25.9 Å². The lowest BCUT2D eigenvalue weighted by atomic mass is 10.1. The summed E-state index contributed by atoms with van der Waals surface area (Å²) in [5.41, 5.74) is 2.44. The quantitative estimate of drug-likeness (QED) is 0.840. The first-order valence-electron chi connectivity index (χ1n) is 6.11. The summed E-state index contributed by atoms with van der Waals surface area (Å²) >= 11 is 0. The Morgan fingerprint density at radius 1 is 1.05 bits per heavy atom. The molecule has 0 aliphatic rings. The summed E-state index contributed by atoms with van der Waals surface area (Å²) in [6.07, 6.45) is 7.71. The molecule has 0 bridgehead atoms. The van der Waals surface area contributed by atoms with Crippen LogP contribution in [0.3, 0.4) is 0 Å². The van der Waals surface area contributed by atoms with Crippen LogP contribution in [0.15, 0.2) is 48.0 Å². The molecule has 0 aliphatic heterocycles. The lowest BCUT2D eigenvalue weighted by Gasteiger charge is -2.07. The van der Waals surface area contributed by atoms with Gasteiger partial charge >= 0.3 is 0 Å². The zero-order valence-corrected chi connectivity index (χ0v) is 11.3. The molecule has 0 radical (unpaired) electrons. The van der Waals surface area contributed by atoms with Gasteiger partial charge in [-0.1, -0.05) is 6.08 Å². The molecule has 0 saturated heterocycles. The van der Waals surface area contributed by atoms with Crippen molar-refractivity contribution in [2.24, 2.45) is 4.99 Å². The molecule has 2 aromatic heterocycles. The maximum Gasteiger partial charge on any atom is 0.143 e. The van der Waals surface area contributed by atoms with Crippen molar-refractivity contribution in [2.75, 3.05) is 0 Å². The molecule has 20 heavy (non-hydrogen) atoms. The first kappa shape index (κ1) is 13.7. The number of aromatic nitrogens is 2. The van der Waals surface area contributed by atoms with Crippen LogP contribution in [0.4, 0.5) is 0 Å². The van der Waals surface area contributed by atoms with Crippen molar-refractivity contribution in [3.63, 3.8) is 0 Å². The molecule has 2 rings (SSSR count). The van der Waals surface area contributed by atoms with E-state index in [9.17, 15) is 10.2 Å². The molecule has 0 spiro atoms. The van der Waals surface area contributed by atoms with Crippen molar-refractivity contribution in [2.45, 2.75) is 13.8 Å². The Bertz CT molecular complexity index is 678. The van der Waals surface area contributed by atoms with E-state index in [1.54, 1.807) is 37.5 Å². The first-order chi connectivity index (χ1) is 9.63. The second-order valence-corrected chi connectivity index (χ2v) is 4.16. The predicted octanol–water partition coefficient (Wildman–Crippen LogP) is 2.76. The topological polar surface area (TPSA) is 78.6 Å². The zero-order valence-electron chi connectivity index (χ0n) is 11.3. The van der Waals surface area contributed by atoms with Crippen LogP contribution in [0.2, 0.25) is 0 Å². The Hall–Kier alpha value is -2.69. The van der Waals surface area contributed by atoms with Gasteiger partial charge in [0, 0.05) is 29.2 Å². The van der Waals surface area contributed by atoms with Crippen LogP contribution in [0.25, 0.3) is 5.70 Å².